The Morgan fingerprint density at radius 2 is 2.00 bits per heavy atom. The van der Waals surface area contributed by atoms with Crippen LogP contribution in [0.5, 0.6) is 5.75 Å². The molecule has 0 bridgehead atoms. The van der Waals surface area contributed by atoms with Gasteiger partial charge in [-0.2, -0.15) is 0 Å². The lowest BCUT2D eigenvalue weighted by Gasteiger charge is -2.17. The van der Waals surface area contributed by atoms with E-state index in [4.69, 9.17) is 9.84 Å². The molecule has 2 rings (SSSR count). The van der Waals surface area contributed by atoms with Crippen molar-refractivity contribution in [2.75, 3.05) is 19.0 Å². The first kappa shape index (κ1) is 14.7. The molecule has 0 amide bonds. The fraction of sp³-hybridized carbons (Fsp3) is 0.562. The number of rotatable bonds is 5. The molecule has 1 fully saturated rings. The van der Waals surface area contributed by atoms with Gasteiger partial charge in [0.15, 0.2) is 0 Å². The lowest BCUT2D eigenvalue weighted by molar-refractivity contribution is 0.0697. The van der Waals surface area contributed by atoms with Crippen LogP contribution in [0.3, 0.4) is 0 Å². The van der Waals surface area contributed by atoms with Crippen molar-refractivity contribution in [2.45, 2.75) is 38.5 Å². The number of hydrogen-bond acceptors (Lipinski definition) is 3. The van der Waals surface area contributed by atoms with Crippen molar-refractivity contribution in [2.24, 2.45) is 5.92 Å². The minimum absolute atomic E-state index is 0.286. The van der Waals surface area contributed by atoms with Crippen LogP contribution in [-0.4, -0.2) is 24.7 Å². The predicted octanol–water partition coefficient (Wildman–Crippen LogP) is 3.78. The molecule has 0 atom stereocenters. The van der Waals surface area contributed by atoms with E-state index in [9.17, 15) is 4.79 Å². The zero-order valence-corrected chi connectivity index (χ0v) is 12.0. The average molecular weight is 277 g/mol. The molecule has 1 aliphatic rings. The SMILES string of the molecule is COc1ccc(C(=O)O)cc1NCC1CCCCCC1. The molecule has 0 radical (unpaired) electrons. The van der Waals surface area contributed by atoms with E-state index in [0.717, 1.165) is 12.2 Å². The summed E-state index contributed by atoms with van der Waals surface area (Å²) in [7, 11) is 1.60. The van der Waals surface area contributed by atoms with Crippen molar-refractivity contribution in [1.82, 2.24) is 0 Å². The summed E-state index contributed by atoms with van der Waals surface area (Å²) in [5.41, 5.74) is 1.06. The Bertz CT molecular complexity index is 451. The Labute approximate surface area is 120 Å². The Kier molecular flexibility index (Phi) is 5.27. The maximum Gasteiger partial charge on any atom is 0.335 e. The first-order valence-electron chi connectivity index (χ1n) is 7.36. The van der Waals surface area contributed by atoms with Crippen molar-refractivity contribution in [3.8, 4) is 5.75 Å². The van der Waals surface area contributed by atoms with E-state index < -0.39 is 5.97 Å². The quantitative estimate of drug-likeness (QED) is 0.804. The summed E-state index contributed by atoms with van der Waals surface area (Å²) in [5.74, 6) is 0.462. The summed E-state index contributed by atoms with van der Waals surface area (Å²) in [4.78, 5) is 11.0. The van der Waals surface area contributed by atoms with Crippen LogP contribution in [0.1, 0.15) is 48.9 Å². The third-order valence-electron chi connectivity index (χ3n) is 4.00. The van der Waals surface area contributed by atoms with Crippen LogP contribution in [0.25, 0.3) is 0 Å². The molecular weight excluding hydrogens is 254 g/mol. The smallest absolute Gasteiger partial charge is 0.335 e. The van der Waals surface area contributed by atoms with Crippen molar-refractivity contribution in [3.63, 3.8) is 0 Å². The fourth-order valence-corrected chi connectivity index (χ4v) is 2.80. The number of carboxylic acids is 1. The summed E-state index contributed by atoms with van der Waals surface area (Å²) >= 11 is 0. The molecule has 20 heavy (non-hydrogen) atoms. The normalized spacial score (nSPS) is 16.4. The lowest BCUT2D eigenvalue weighted by Crippen LogP contribution is -2.14. The number of carboxylic acid groups (broad SMARTS) is 1. The summed E-state index contributed by atoms with van der Waals surface area (Å²) < 4.78 is 5.29. The Morgan fingerprint density at radius 3 is 2.60 bits per heavy atom. The van der Waals surface area contributed by atoms with E-state index in [1.54, 1.807) is 25.3 Å². The van der Waals surface area contributed by atoms with Gasteiger partial charge in [-0.3, -0.25) is 0 Å². The number of nitrogens with one attached hydrogen (secondary N) is 1. The third-order valence-corrected chi connectivity index (χ3v) is 4.00. The molecule has 0 unspecified atom stereocenters. The topological polar surface area (TPSA) is 58.6 Å². The third kappa shape index (κ3) is 3.89. The van der Waals surface area contributed by atoms with Gasteiger partial charge in [0.1, 0.15) is 5.75 Å². The molecule has 1 aliphatic carbocycles. The van der Waals surface area contributed by atoms with Crippen molar-refractivity contribution in [1.29, 1.82) is 0 Å². The van der Waals surface area contributed by atoms with E-state index >= 15 is 0 Å². The molecule has 0 heterocycles. The minimum atomic E-state index is -0.912. The minimum Gasteiger partial charge on any atom is -0.495 e. The largest absolute Gasteiger partial charge is 0.495 e. The van der Waals surface area contributed by atoms with Crippen LogP contribution < -0.4 is 10.1 Å². The van der Waals surface area contributed by atoms with E-state index in [-0.39, 0.29) is 5.56 Å². The van der Waals surface area contributed by atoms with Crippen LogP contribution in [0.4, 0.5) is 5.69 Å². The molecule has 0 saturated heterocycles. The number of anilines is 1. The zero-order chi connectivity index (χ0) is 14.4. The highest BCUT2D eigenvalue weighted by atomic mass is 16.5. The number of aromatic carboxylic acids is 1. The summed E-state index contributed by atoms with van der Waals surface area (Å²) in [6.45, 7) is 0.888. The highest BCUT2D eigenvalue weighted by Crippen LogP contribution is 2.28. The van der Waals surface area contributed by atoms with Gasteiger partial charge >= 0.3 is 5.97 Å². The van der Waals surface area contributed by atoms with Gasteiger partial charge in [-0.1, -0.05) is 25.7 Å². The van der Waals surface area contributed by atoms with Gasteiger partial charge in [0.2, 0.25) is 0 Å². The average Bonchev–Trinajstić information content (AvgIpc) is 2.73. The summed E-state index contributed by atoms with van der Waals surface area (Å²) in [5, 5.41) is 12.4. The molecule has 0 aromatic heterocycles. The van der Waals surface area contributed by atoms with Crippen LogP contribution >= 0.6 is 0 Å². The molecule has 1 aromatic carbocycles. The molecule has 0 aliphatic heterocycles. The van der Waals surface area contributed by atoms with Gasteiger partial charge in [0.05, 0.1) is 18.4 Å². The Morgan fingerprint density at radius 1 is 1.30 bits per heavy atom. The van der Waals surface area contributed by atoms with Gasteiger partial charge in [0.25, 0.3) is 0 Å². The maximum atomic E-state index is 11.0. The standard InChI is InChI=1S/C16H23NO3/c1-20-15-9-8-13(16(18)19)10-14(15)17-11-12-6-4-2-3-5-7-12/h8-10,12,17H,2-7,11H2,1H3,(H,18,19). The Balaban J connectivity index is 2.02. The second-order valence-corrected chi connectivity index (χ2v) is 5.46. The van der Waals surface area contributed by atoms with Gasteiger partial charge < -0.3 is 15.2 Å². The zero-order valence-electron chi connectivity index (χ0n) is 12.0. The predicted molar refractivity (Wildman–Crippen MR) is 79.6 cm³/mol. The van der Waals surface area contributed by atoms with E-state index in [0.29, 0.717) is 11.7 Å². The number of methoxy groups -OCH3 is 1. The van der Waals surface area contributed by atoms with Crippen LogP contribution in [0.15, 0.2) is 18.2 Å². The van der Waals surface area contributed by atoms with Gasteiger partial charge in [-0.25, -0.2) is 4.79 Å². The van der Waals surface area contributed by atoms with E-state index in [2.05, 4.69) is 5.32 Å². The molecule has 2 N–H and O–H groups in total. The highest BCUT2D eigenvalue weighted by Gasteiger charge is 2.14. The van der Waals surface area contributed by atoms with Crippen LogP contribution in [0.2, 0.25) is 0 Å². The monoisotopic (exact) mass is 277 g/mol. The number of ether oxygens (including phenoxy) is 1. The van der Waals surface area contributed by atoms with Crippen LogP contribution in [0, 0.1) is 5.92 Å². The maximum absolute atomic E-state index is 11.0. The van der Waals surface area contributed by atoms with E-state index in [1.807, 2.05) is 0 Å². The summed E-state index contributed by atoms with van der Waals surface area (Å²) in [6.07, 6.45) is 7.81. The number of carbonyl (C=O) groups is 1. The van der Waals surface area contributed by atoms with Crippen molar-refractivity contribution < 1.29 is 14.6 Å². The van der Waals surface area contributed by atoms with Crippen molar-refractivity contribution in [3.05, 3.63) is 23.8 Å². The van der Waals surface area contributed by atoms with Crippen LogP contribution in [-0.2, 0) is 0 Å². The lowest BCUT2D eigenvalue weighted by atomic mass is 10.0. The van der Waals surface area contributed by atoms with Crippen molar-refractivity contribution >= 4 is 11.7 Å². The molecular formula is C16H23NO3. The molecule has 4 nitrogen and oxygen atoms in total. The summed E-state index contributed by atoms with van der Waals surface area (Å²) in [6, 6.07) is 4.93. The van der Waals surface area contributed by atoms with Gasteiger partial charge in [0, 0.05) is 6.54 Å². The second-order valence-electron chi connectivity index (χ2n) is 5.46. The highest BCUT2D eigenvalue weighted by molar-refractivity contribution is 5.89. The number of benzene rings is 1. The molecule has 1 saturated carbocycles. The second kappa shape index (κ2) is 7.17. The molecule has 1 aromatic rings. The first-order chi connectivity index (χ1) is 9.70. The van der Waals surface area contributed by atoms with Gasteiger partial charge in [-0.05, 0) is 37.0 Å². The Hall–Kier alpha value is -1.71. The van der Waals surface area contributed by atoms with Gasteiger partial charge in [-0.15, -0.1) is 0 Å². The number of hydrogen-bond donors (Lipinski definition) is 2. The molecule has 4 heteroatoms. The van der Waals surface area contributed by atoms with E-state index in [1.165, 1.54) is 38.5 Å². The molecule has 0 spiro atoms. The first-order valence-corrected chi connectivity index (χ1v) is 7.36. The molecule has 110 valence electrons. The fourth-order valence-electron chi connectivity index (χ4n) is 2.80.